The molecular formula is C10H10BrFO2. The zero-order chi connectivity index (χ0) is 10.3. The van der Waals surface area contributed by atoms with Crippen LogP contribution in [-0.4, -0.2) is 13.7 Å². The maximum atomic E-state index is 13.6. The third kappa shape index (κ3) is 1.53. The van der Waals surface area contributed by atoms with Gasteiger partial charge in [-0.1, -0.05) is 15.9 Å². The van der Waals surface area contributed by atoms with E-state index >= 15 is 0 Å². The Balaban J connectivity index is 2.56. The van der Waals surface area contributed by atoms with Crippen LogP contribution in [0.25, 0.3) is 0 Å². The Morgan fingerprint density at radius 3 is 2.71 bits per heavy atom. The van der Waals surface area contributed by atoms with Crippen LogP contribution in [0, 0.1) is 5.82 Å². The van der Waals surface area contributed by atoms with Crippen molar-refractivity contribution in [2.75, 3.05) is 13.7 Å². The van der Waals surface area contributed by atoms with E-state index in [9.17, 15) is 4.39 Å². The number of ether oxygens (including phenoxy) is 2. The van der Waals surface area contributed by atoms with Crippen LogP contribution in [-0.2, 0) is 10.3 Å². The molecule has 1 fully saturated rings. The first-order valence-corrected chi connectivity index (χ1v) is 5.03. The standard InChI is InChI=1S/C10H10BrFO2/c1-10(5-14-10)9-7(12)3-6(11)4-8(9)13-2/h3-4H,5H2,1-2H3. The van der Waals surface area contributed by atoms with Crippen molar-refractivity contribution >= 4 is 15.9 Å². The summed E-state index contributed by atoms with van der Waals surface area (Å²) in [7, 11) is 1.52. The van der Waals surface area contributed by atoms with Crippen LogP contribution in [0.15, 0.2) is 16.6 Å². The maximum Gasteiger partial charge on any atom is 0.134 e. The van der Waals surface area contributed by atoms with Crippen molar-refractivity contribution in [3.05, 3.63) is 28.0 Å². The molecule has 2 nitrogen and oxygen atoms in total. The van der Waals surface area contributed by atoms with E-state index in [-0.39, 0.29) is 5.82 Å². The molecule has 1 aliphatic rings. The molecule has 1 atom stereocenters. The van der Waals surface area contributed by atoms with E-state index in [2.05, 4.69) is 15.9 Å². The lowest BCUT2D eigenvalue weighted by Gasteiger charge is -2.13. The highest BCUT2D eigenvalue weighted by atomic mass is 79.9. The van der Waals surface area contributed by atoms with Crippen LogP contribution in [0.1, 0.15) is 12.5 Å². The molecule has 0 amide bonds. The Hall–Kier alpha value is -0.610. The van der Waals surface area contributed by atoms with Crippen LogP contribution >= 0.6 is 15.9 Å². The number of hydrogen-bond acceptors (Lipinski definition) is 2. The van der Waals surface area contributed by atoms with Crippen molar-refractivity contribution in [2.24, 2.45) is 0 Å². The molecule has 1 heterocycles. The third-order valence-electron chi connectivity index (χ3n) is 2.34. The minimum Gasteiger partial charge on any atom is -0.496 e. The molecule has 0 N–H and O–H groups in total. The summed E-state index contributed by atoms with van der Waals surface area (Å²) >= 11 is 3.21. The van der Waals surface area contributed by atoms with E-state index in [1.54, 1.807) is 6.07 Å². The molecule has 0 aromatic heterocycles. The second-order valence-electron chi connectivity index (χ2n) is 3.48. The van der Waals surface area contributed by atoms with Gasteiger partial charge in [-0.05, 0) is 19.1 Å². The van der Waals surface area contributed by atoms with Gasteiger partial charge in [0, 0.05) is 4.47 Å². The van der Waals surface area contributed by atoms with E-state index < -0.39 is 5.60 Å². The Labute approximate surface area is 90.1 Å². The smallest absolute Gasteiger partial charge is 0.134 e. The zero-order valence-corrected chi connectivity index (χ0v) is 9.52. The third-order valence-corrected chi connectivity index (χ3v) is 2.80. The number of epoxide rings is 1. The van der Waals surface area contributed by atoms with Gasteiger partial charge < -0.3 is 9.47 Å². The van der Waals surface area contributed by atoms with Gasteiger partial charge in [-0.15, -0.1) is 0 Å². The van der Waals surface area contributed by atoms with Crippen molar-refractivity contribution in [1.29, 1.82) is 0 Å². The first kappa shape index (κ1) is 9.93. The summed E-state index contributed by atoms with van der Waals surface area (Å²) in [6.07, 6.45) is 0. The Kier molecular flexibility index (Phi) is 2.27. The van der Waals surface area contributed by atoms with Crippen LogP contribution in [0.3, 0.4) is 0 Å². The molecule has 1 aromatic carbocycles. The topological polar surface area (TPSA) is 21.8 Å². The van der Waals surface area contributed by atoms with Crippen molar-refractivity contribution in [3.63, 3.8) is 0 Å². The van der Waals surface area contributed by atoms with Gasteiger partial charge in [-0.3, -0.25) is 0 Å². The molecule has 1 aromatic rings. The molecule has 2 rings (SSSR count). The number of methoxy groups -OCH3 is 1. The lowest BCUT2D eigenvalue weighted by molar-refractivity contribution is 0.307. The maximum absolute atomic E-state index is 13.6. The monoisotopic (exact) mass is 260 g/mol. The fourth-order valence-electron chi connectivity index (χ4n) is 1.48. The van der Waals surface area contributed by atoms with Crippen LogP contribution in [0.2, 0.25) is 0 Å². The molecule has 0 aliphatic carbocycles. The molecule has 14 heavy (non-hydrogen) atoms. The summed E-state index contributed by atoms with van der Waals surface area (Å²) in [6.45, 7) is 2.39. The van der Waals surface area contributed by atoms with Gasteiger partial charge in [-0.2, -0.15) is 0 Å². The van der Waals surface area contributed by atoms with Crippen molar-refractivity contribution in [3.8, 4) is 5.75 Å². The summed E-state index contributed by atoms with van der Waals surface area (Å²) in [4.78, 5) is 0. The first-order valence-electron chi connectivity index (χ1n) is 4.24. The van der Waals surface area contributed by atoms with E-state index in [0.717, 1.165) is 0 Å². The fourth-order valence-corrected chi connectivity index (χ4v) is 1.89. The summed E-state index contributed by atoms with van der Waals surface area (Å²) in [6, 6.07) is 3.16. The summed E-state index contributed by atoms with van der Waals surface area (Å²) in [5, 5.41) is 0. The molecule has 0 bridgehead atoms. The molecule has 0 radical (unpaired) electrons. The molecule has 76 valence electrons. The van der Waals surface area contributed by atoms with Gasteiger partial charge in [-0.25, -0.2) is 4.39 Å². The lowest BCUT2D eigenvalue weighted by Crippen LogP contribution is -2.08. The van der Waals surface area contributed by atoms with Crippen molar-refractivity contribution < 1.29 is 13.9 Å². The number of hydrogen-bond donors (Lipinski definition) is 0. The van der Waals surface area contributed by atoms with Crippen molar-refractivity contribution in [2.45, 2.75) is 12.5 Å². The minimum atomic E-state index is -0.504. The summed E-state index contributed by atoms with van der Waals surface area (Å²) in [5.74, 6) is 0.230. The largest absolute Gasteiger partial charge is 0.496 e. The van der Waals surface area contributed by atoms with Gasteiger partial charge in [0.1, 0.15) is 17.2 Å². The SMILES string of the molecule is COc1cc(Br)cc(F)c1C1(C)CO1. The Morgan fingerprint density at radius 1 is 1.57 bits per heavy atom. The second-order valence-corrected chi connectivity index (χ2v) is 4.40. The Bertz CT molecular complexity index is 375. The normalized spacial score (nSPS) is 24.9. The van der Waals surface area contributed by atoms with E-state index in [1.807, 2.05) is 6.92 Å². The summed E-state index contributed by atoms with van der Waals surface area (Å²) in [5.41, 5.74) is -0.000880. The predicted octanol–water partition coefficient (Wildman–Crippen LogP) is 2.84. The molecule has 1 unspecified atom stereocenters. The predicted molar refractivity (Wildman–Crippen MR) is 54.0 cm³/mol. The van der Waals surface area contributed by atoms with Gasteiger partial charge in [0.25, 0.3) is 0 Å². The molecule has 1 saturated heterocycles. The van der Waals surface area contributed by atoms with Crippen LogP contribution < -0.4 is 4.74 Å². The highest BCUT2D eigenvalue weighted by Gasteiger charge is 2.45. The van der Waals surface area contributed by atoms with E-state index in [4.69, 9.17) is 9.47 Å². The Morgan fingerprint density at radius 2 is 2.21 bits per heavy atom. The van der Waals surface area contributed by atoms with Gasteiger partial charge in [0.15, 0.2) is 0 Å². The van der Waals surface area contributed by atoms with Crippen molar-refractivity contribution in [1.82, 2.24) is 0 Å². The van der Waals surface area contributed by atoms with Gasteiger partial charge in [0.05, 0.1) is 19.3 Å². The minimum absolute atomic E-state index is 0.295. The molecule has 0 spiro atoms. The second kappa shape index (κ2) is 3.21. The van der Waals surface area contributed by atoms with Crippen LogP contribution in [0.5, 0.6) is 5.75 Å². The molecular weight excluding hydrogens is 251 g/mol. The number of rotatable bonds is 2. The first-order chi connectivity index (χ1) is 6.57. The highest BCUT2D eigenvalue weighted by molar-refractivity contribution is 9.10. The quantitative estimate of drug-likeness (QED) is 0.763. The molecule has 0 saturated carbocycles. The highest BCUT2D eigenvalue weighted by Crippen LogP contribution is 2.44. The lowest BCUT2D eigenvalue weighted by atomic mass is 10.0. The average Bonchev–Trinajstić information content (AvgIpc) is 2.82. The van der Waals surface area contributed by atoms with Crippen LogP contribution in [0.4, 0.5) is 4.39 Å². The average molecular weight is 261 g/mol. The van der Waals surface area contributed by atoms with E-state index in [0.29, 0.717) is 22.4 Å². The van der Waals surface area contributed by atoms with Gasteiger partial charge >= 0.3 is 0 Å². The molecule has 1 aliphatic heterocycles. The van der Waals surface area contributed by atoms with E-state index in [1.165, 1.54) is 13.2 Å². The fraction of sp³-hybridized carbons (Fsp3) is 0.400. The molecule has 4 heteroatoms. The number of benzene rings is 1. The summed E-state index contributed by atoms with van der Waals surface area (Å²) < 4.78 is 24.6. The number of halogens is 2. The zero-order valence-electron chi connectivity index (χ0n) is 7.93. The van der Waals surface area contributed by atoms with Gasteiger partial charge in [0.2, 0.25) is 0 Å².